The highest BCUT2D eigenvalue weighted by Crippen LogP contribution is 2.18. The van der Waals surface area contributed by atoms with Gasteiger partial charge in [0.1, 0.15) is 0 Å². The molecule has 0 radical (unpaired) electrons. The van der Waals surface area contributed by atoms with Gasteiger partial charge < -0.3 is 5.32 Å². The molecule has 0 saturated heterocycles. The molecule has 7 heteroatoms. The molecule has 0 unspecified atom stereocenters. The number of aryl methyl sites for hydroxylation is 1. The lowest BCUT2D eigenvalue weighted by atomic mass is 10.2. The smallest absolute Gasteiger partial charge is 0.230 e. The van der Waals surface area contributed by atoms with Crippen LogP contribution in [-0.4, -0.2) is 38.4 Å². The molecule has 106 valence electrons. The highest BCUT2D eigenvalue weighted by molar-refractivity contribution is 7.99. The number of amides is 1. The minimum Gasteiger partial charge on any atom is -0.355 e. The number of tetrazole rings is 1. The van der Waals surface area contributed by atoms with Gasteiger partial charge in [-0.15, -0.1) is 5.10 Å². The van der Waals surface area contributed by atoms with Gasteiger partial charge in [-0.3, -0.25) is 4.79 Å². The van der Waals surface area contributed by atoms with Crippen molar-refractivity contribution in [2.75, 3.05) is 12.3 Å². The molecular weight excluding hydrogens is 274 g/mol. The third kappa shape index (κ3) is 3.80. The molecule has 1 aromatic carbocycles. The van der Waals surface area contributed by atoms with Gasteiger partial charge in [-0.25, -0.2) is 0 Å². The van der Waals surface area contributed by atoms with Gasteiger partial charge in [-0.05, 0) is 35.9 Å². The Morgan fingerprint density at radius 1 is 1.35 bits per heavy atom. The van der Waals surface area contributed by atoms with E-state index >= 15 is 0 Å². The summed E-state index contributed by atoms with van der Waals surface area (Å²) < 4.78 is 1.64. The Balaban J connectivity index is 2.02. The number of carbonyl (C=O) groups excluding carboxylic acids is 1. The van der Waals surface area contributed by atoms with E-state index in [-0.39, 0.29) is 5.91 Å². The Hall–Kier alpha value is -1.89. The molecule has 1 aromatic heterocycles. The summed E-state index contributed by atoms with van der Waals surface area (Å²) in [4.78, 5) is 11.6. The fraction of sp³-hybridized carbons (Fsp3) is 0.385. The third-order valence-electron chi connectivity index (χ3n) is 2.62. The van der Waals surface area contributed by atoms with E-state index in [0.29, 0.717) is 17.5 Å². The highest BCUT2D eigenvalue weighted by Gasteiger charge is 2.11. The van der Waals surface area contributed by atoms with E-state index in [2.05, 4.69) is 20.8 Å². The molecule has 20 heavy (non-hydrogen) atoms. The maximum atomic E-state index is 11.6. The maximum Gasteiger partial charge on any atom is 0.230 e. The summed E-state index contributed by atoms with van der Waals surface area (Å²) in [5.41, 5.74) is 2.06. The number of rotatable bonds is 6. The largest absolute Gasteiger partial charge is 0.355 e. The molecule has 6 nitrogen and oxygen atoms in total. The number of hydrogen-bond acceptors (Lipinski definition) is 5. The number of nitrogens with one attached hydrogen (secondary N) is 1. The van der Waals surface area contributed by atoms with Crippen LogP contribution in [0.1, 0.15) is 18.9 Å². The molecule has 0 atom stereocenters. The van der Waals surface area contributed by atoms with Crippen LogP contribution in [0.4, 0.5) is 0 Å². The van der Waals surface area contributed by atoms with E-state index in [1.165, 1.54) is 17.3 Å². The van der Waals surface area contributed by atoms with E-state index < -0.39 is 0 Å². The predicted molar refractivity (Wildman–Crippen MR) is 77.9 cm³/mol. The average Bonchev–Trinajstić information content (AvgIpc) is 2.92. The summed E-state index contributed by atoms with van der Waals surface area (Å²) in [6.07, 6.45) is 0.928. The molecule has 2 rings (SSSR count). The summed E-state index contributed by atoms with van der Waals surface area (Å²) in [6, 6.07) is 7.90. The molecule has 1 N–H and O–H groups in total. The molecule has 0 aliphatic heterocycles. The first kappa shape index (κ1) is 14.5. The van der Waals surface area contributed by atoms with Crippen LogP contribution in [0.15, 0.2) is 29.4 Å². The fourth-order valence-electron chi connectivity index (χ4n) is 1.56. The summed E-state index contributed by atoms with van der Waals surface area (Å²) in [7, 11) is 0. The quantitative estimate of drug-likeness (QED) is 0.818. The molecular formula is C13H17N5OS. The minimum absolute atomic E-state index is 0.00435. The van der Waals surface area contributed by atoms with Gasteiger partial charge in [0.05, 0.1) is 11.4 Å². The second-order valence-electron chi connectivity index (χ2n) is 4.35. The van der Waals surface area contributed by atoms with Gasteiger partial charge in [0.15, 0.2) is 0 Å². The van der Waals surface area contributed by atoms with Gasteiger partial charge in [0.2, 0.25) is 11.1 Å². The molecule has 0 saturated carbocycles. The van der Waals surface area contributed by atoms with Crippen molar-refractivity contribution in [3.8, 4) is 5.69 Å². The molecule has 2 aromatic rings. The van der Waals surface area contributed by atoms with Gasteiger partial charge in [-0.2, -0.15) is 4.68 Å². The van der Waals surface area contributed by atoms with Gasteiger partial charge in [0, 0.05) is 6.54 Å². The average molecular weight is 291 g/mol. The van der Waals surface area contributed by atoms with Crippen LogP contribution in [0.25, 0.3) is 5.69 Å². The zero-order valence-corrected chi connectivity index (χ0v) is 12.4. The lowest BCUT2D eigenvalue weighted by Gasteiger charge is -2.05. The normalized spacial score (nSPS) is 10.5. The molecule has 0 spiro atoms. The molecule has 1 amide bonds. The topological polar surface area (TPSA) is 72.7 Å². The lowest BCUT2D eigenvalue weighted by molar-refractivity contribution is -0.118. The Morgan fingerprint density at radius 3 is 2.80 bits per heavy atom. The van der Waals surface area contributed by atoms with Crippen molar-refractivity contribution in [1.82, 2.24) is 25.5 Å². The molecule has 1 heterocycles. The van der Waals surface area contributed by atoms with Crippen molar-refractivity contribution >= 4 is 17.7 Å². The standard InChI is InChI=1S/C13H17N5OS/c1-3-8-14-12(19)9-20-13-15-16-17-18(13)11-6-4-10(2)5-7-11/h4-7H,3,8-9H2,1-2H3,(H,14,19). The van der Waals surface area contributed by atoms with Gasteiger partial charge in [-0.1, -0.05) is 36.4 Å². The first-order valence-electron chi connectivity index (χ1n) is 6.45. The van der Waals surface area contributed by atoms with Crippen molar-refractivity contribution in [1.29, 1.82) is 0 Å². The van der Waals surface area contributed by atoms with Crippen LogP contribution < -0.4 is 5.32 Å². The minimum atomic E-state index is -0.00435. The monoisotopic (exact) mass is 291 g/mol. The van der Waals surface area contributed by atoms with Gasteiger partial charge >= 0.3 is 0 Å². The zero-order valence-electron chi connectivity index (χ0n) is 11.5. The van der Waals surface area contributed by atoms with Crippen LogP contribution >= 0.6 is 11.8 Å². The predicted octanol–water partition coefficient (Wildman–Crippen LogP) is 1.59. The second kappa shape index (κ2) is 7.04. The van der Waals surface area contributed by atoms with Crippen molar-refractivity contribution in [2.24, 2.45) is 0 Å². The third-order valence-corrected chi connectivity index (χ3v) is 3.54. The summed E-state index contributed by atoms with van der Waals surface area (Å²) in [6.45, 7) is 4.74. The first-order chi connectivity index (χ1) is 9.70. The van der Waals surface area contributed by atoms with E-state index in [4.69, 9.17) is 0 Å². The molecule has 0 fully saturated rings. The van der Waals surface area contributed by atoms with Crippen LogP contribution in [-0.2, 0) is 4.79 Å². The highest BCUT2D eigenvalue weighted by atomic mass is 32.2. The maximum absolute atomic E-state index is 11.6. The van der Waals surface area contributed by atoms with E-state index in [1.54, 1.807) is 4.68 Å². The number of thioether (sulfide) groups is 1. The number of aromatic nitrogens is 4. The Labute approximate surface area is 121 Å². The molecule has 0 aliphatic carbocycles. The van der Waals surface area contributed by atoms with Gasteiger partial charge in [0.25, 0.3) is 0 Å². The van der Waals surface area contributed by atoms with E-state index in [1.807, 2.05) is 38.1 Å². The van der Waals surface area contributed by atoms with E-state index in [0.717, 1.165) is 12.1 Å². The Bertz CT molecular complexity index is 566. The van der Waals surface area contributed by atoms with Crippen molar-refractivity contribution in [3.05, 3.63) is 29.8 Å². The van der Waals surface area contributed by atoms with Crippen LogP contribution in [0.3, 0.4) is 0 Å². The number of carbonyl (C=O) groups is 1. The lowest BCUT2D eigenvalue weighted by Crippen LogP contribution is -2.25. The SMILES string of the molecule is CCCNC(=O)CSc1nnnn1-c1ccc(C)cc1. The first-order valence-corrected chi connectivity index (χ1v) is 7.44. The fourth-order valence-corrected chi connectivity index (χ4v) is 2.28. The summed E-state index contributed by atoms with van der Waals surface area (Å²) in [5, 5.41) is 15.0. The number of hydrogen-bond donors (Lipinski definition) is 1. The molecule has 0 aliphatic rings. The van der Waals surface area contributed by atoms with Crippen molar-refractivity contribution < 1.29 is 4.79 Å². The Kier molecular flexibility index (Phi) is 5.11. The number of nitrogens with zero attached hydrogens (tertiary/aromatic N) is 4. The van der Waals surface area contributed by atoms with Crippen LogP contribution in [0, 0.1) is 6.92 Å². The van der Waals surface area contributed by atoms with Crippen molar-refractivity contribution in [2.45, 2.75) is 25.4 Å². The van der Waals surface area contributed by atoms with Crippen LogP contribution in [0.5, 0.6) is 0 Å². The zero-order chi connectivity index (χ0) is 14.4. The second-order valence-corrected chi connectivity index (χ2v) is 5.29. The van der Waals surface area contributed by atoms with Crippen molar-refractivity contribution in [3.63, 3.8) is 0 Å². The molecule has 0 bridgehead atoms. The van der Waals surface area contributed by atoms with Crippen LogP contribution in [0.2, 0.25) is 0 Å². The summed E-state index contributed by atoms with van der Waals surface area (Å²) in [5.74, 6) is 0.307. The van der Waals surface area contributed by atoms with E-state index in [9.17, 15) is 4.79 Å². The summed E-state index contributed by atoms with van der Waals surface area (Å²) >= 11 is 1.33. The number of benzene rings is 1. The Morgan fingerprint density at radius 2 is 2.10 bits per heavy atom.